The van der Waals surface area contributed by atoms with Crippen molar-refractivity contribution in [2.75, 3.05) is 0 Å². The van der Waals surface area contributed by atoms with Crippen LogP contribution in [0.2, 0.25) is 0 Å². The van der Waals surface area contributed by atoms with Gasteiger partial charge in [0, 0.05) is 6.42 Å². The summed E-state index contributed by atoms with van der Waals surface area (Å²) in [6.45, 7) is 7.72. The van der Waals surface area contributed by atoms with Crippen molar-refractivity contribution in [1.29, 1.82) is 0 Å². The molecule has 0 spiro atoms. The average Bonchev–Trinajstić information content (AvgIpc) is 2.42. The monoisotopic (exact) mass is 291 g/mol. The predicted molar refractivity (Wildman–Crippen MR) is 83.0 cm³/mol. The van der Waals surface area contributed by atoms with Crippen molar-refractivity contribution in [2.45, 2.75) is 46.1 Å². The fraction of sp³-hybridized carbons (Fsp3) is 0.529. The molecule has 0 saturated carbocycles. The van der Waals surface area contributed by atoms with Crippen LogP contribution in [0.15, 0.2) is 30.3 Å². The highest BCUT2D eigenvalue weighted by Crippen LogP contribution is 2.27. The largest absolute Gasteiger partial charge is 0.480 e. The second kappa shape index (κ2) is 7.81. The molecule has 4 heteroatoms. The lowest BCUT2D eigenvalue weighted by Crippen LogP contribution is -2.44. The van der Waals surface area contributed by atoms with E-state index in [1.54, 1.807) is 13.8 Å². The number of benzene rings is 1. The molecular formula is C17H25NO3. The zero-order chi connectivity index (χ0) is 16.0. The molecule has 1 amide bonds. The molecule has 2 atom stereocenters. The zero-order valence-electron chi connectivity index (χ0n) is 13.2. The maximum absolute atomic E-state index is 12.2. The molecule has 116 valence electrons. The lowest BCUT2D eigenvalue weighted by molar-refractivity contribution is -0.143. The Bertz CT molecular complexity index is 468. The van der Waals surface area contributed by atoms with Crippen LogP contribution in [0.1, 0.15) is 45.6 Å². The summed E-state index contributed by atoms with van der Waals surface area (Å²) < 4.78 is 0. The summed E-state index contributed by atoms with van der Waals surface area (Å²) in [4.78, 5) is 23.3. The molecule has 2 N–H and O–H groups in total. The Balaban J connectivity index is 2.76. The van der Waals surface area contributed by atoms with Crippen molar-refractivity contribution < 1.29 is 14.7 Å². The summed E-state index contributed by atoms with van der Waals surface area (Å²) in [5, 5.41) is 11.8. The lowest BCUT2D eigenvalue weighted by Gasteiger charge is -2.23. The van der Waals surface area contributed by atoms with Gasteiger partial charge in [0.25, 0.3) is 0 Å². The molecule has 21 heavy (non-hydrogen) atoms. The first-order chi connectivity index (χ1) is 9.82. The molecule has 1 aromatic rings. The molecule has 1 aromatic carbocycles. The van der Waals surface area contributed by atoms with Gasteiger partial charge in [-0.3, -0.25) is 4.79 Å². The van der Waals surface area contributed by atoms with E-state index in [2.05, 4.69) is 19.2 Å². The second-order valence-corrected chi connectivity index (χ2v) is 6.09. The van der Waals surface area contributed by atoms with Gasteiger partial charge in [-0.25, -0.2) is 4.79 Å². The van der Waals surface area contributed by atoms with Gasteiger partial charge in [0.1, 0.15) is 6.04 Å². The number of carboxylic acid groups (broad SMARTS) is 1. The number of carboxylic acids is 1. The Morgan fingerprint density at radius 2 is 1.62 bits per heavy atom. The smallest absolute Gasteiger partial charge is 0.326 e. The van der Waals surface area contributed by atoms with Crippen LogP contribution in [0, 0.1) is 11.8 Å². The third kappa shape index (κ3) is 5.21. The van der Waals surface area contributed by atoms with Crippen molar-refractivity contribution in [1.82, 2.24) is 5.32 Å². The highest BCUT2D eigenvalue weighted by atomic mass is 16.4. The molecule has 0 aliphatic heterocycles. The van der Waals surface area contributed by atoms with Crippen LogP contribution in [0.3, 0.4) is 0 Å². The molecule has 0 aliphatic carbocycles. The number of nitrogens with one attached hydrogen (secondary N) is 1. The summed E-state index contributed by atoms with van der Waals surface area (Å²) in [6.07, 6.45) is 0.304. The van der Waals surface area contributed by atoms with Gasteiger partial charge in [0.05, 0.1) is 0 Å². The first kappa shape index (κ1) is 17.2. The van der Waals surface area contributed by atoms with E-state index in [1.165, 1.54) is 0 Å². The molecule has 0 bridgehead atoms. The SMILES string of the molecule is CC(C)C(CC(=O)N[C@@H](C(=O)O)C(C)C)c1ccccc1. The highest BCUT2D eigenvalue weighted by molar-refractivity contribution is 5.84. The summed E-state index contributed by atoms with van der Waals surface area (Å²) in [6, 6.07) is 9.04. The minimum Gasteiger partial charge on any atom is -0.480 e. The Kier molecular flexibility index (Phi) is 6.40. The van der Waals surface area contributed by atoms with Gasteiger partial charge < -0.3 is 10.4 Å². The Labute approximate surface area is 126 Å². The van der Waals surface area contributed by atoms with Crippen molar-refractivity contribution in [3.8, 4) is 0 Å². The van der Waals surface area contributed by atoms with Crippen LogP contribution < -0.4 is 5.32 Å². The van der Waals surface area contributed by atoms with Gasteiger partial charge in [0.15, 0.2) is 0 Å². The van der Waals surface area contributed by atoms with Gasteiger partial charge in [-0.1, -0.05) is 58.0 Å². The minimum atomic E-state index is -0.987. The standard InChI is InChI=1S/C17H25NO3/c1-11(2)14(13-8-6-5-7-9-13)10-15(19)18-16(12(3)4)17(20)21/h5-9,11-12,14,16H,10H2,1-4H3,(H,18,19)(H,20,21)/t14?,16-/m1/s1. The third-order valence-corrected chi connectivity index (χ3v) is 3.69. The minimum absolute atomic E-state index is 0.0906. The van der Waals surface area contributed by atoms with E-state index in [1.807, 2.05) is 30.3 Å². The molecule has 0 heterocycles. The zero-order valence-corrected chi connectivity index (χ0v) is 13.2. The van der Waals surface area contributed by atoms with Gasteiger partial charge in [-0.15, -0.1) is 0 Å². The van der Waals surface area contributed by atoms with Crippen molar-refractivity contribution >= 4 is 11.9 Å². The van der Waals surface area contributed by atoms with Crippen LogP contribution in [-0.4, -0.2) is 23.0 Å². The molecular weight excluding hydrogens is 266 g/mol. The molecule has 1 rings (SSSR count). The molecule has 0 aliphatic rings. The van der Waals surface area contributed by atoms with Crippen LogP contribution in [-0.2, 0) is 9.59 Å². The molecule has 0 fully saturated rings. The van der Waals surface area contributed by atoms with Gasteiger partial charge in [-0.2, -0.15) is 0 Å². The number of amides is 1. The van der Waals surface area contributed by atoms with E-state index in [-0.39, 0.29) is 17.7 Å². The summed E-state index contributed by atoms with van der Waals surface area (Å²) in [5.74, 6) is -0.938. The summed E-state index contributed by atoms with van der Waals surface area (Å²) in [7, 11) is 0. The maximum Gasteiger partial charge on any atom is 0.326 e. The predicted octanol–water partition coefficient (Wildman–Crippen LogP) is 3.04. The number of hydrogen-bond donors (Lipinski definition) is 2. The molecule has 0 aromatic heterocycles. The summed E-state index contributed by atoms with van der Waals surface area (Å²) in [5.41, 5.74) is 1.11. The Hall–Kier alpha value is -1.84. The Morgan fingerprint density at radius 3 is 2.05 bits per heavy atom. The van der Waals surface area contributed by atoms with Crippen molar-refractivity contribution in [2.24, 2.45) is 11.8 Å². The van der Waals surface area contributed by atoms with Crippen LogP contribution >= 0.6 is 0 Å². The van der Waals surface area contributed by atoms with Crippen LogP contribution in [0.4, 0.5) is 0 Å². The quantitative estimate of drug-likeness (QED) is 0.811. The first-order valence-corrected chi connectivity index (χ1v) is 7.40. The number of carbonyl (C=O) groups is 2. The number of aliphatic carboxylic acids is 1. The topological polar surface area (TPSA) is 66.4 Å². The second-order valence-electron chi connectivity index (χ2n) is 6.09. The fourth-order valence-electron chi connectivity index (χ4n) is 2.38. The lowest BCUT2D eigenvalue weighted by atomic mass is 9.85. The Morgan fingerprint density at radius 1 is 1.05 bits per heavy atom. The maximum atomic E-state index is 12.2. The molecule has 0 saturated heterocycles. The van der Waals surface area contributed by atoms with E-state index in [9.17, 15) is 9.59 Å². The normalized spacial score (nSPS) is 14.0. The van der Waals surface area contributed by atoms with E-state index in [0.29, 0.717) is 12.3 Å². The number of hydrogen-bond acceptors (Lipinski definition) is 2. The van der Waals surface area contributed by atoms with E-state index in [0.717, 1.165) is 5.56 Å². The molecule has 4 nitrogen and oxygen atoms in total. The third-order valence-electron chi connectivity index (χ3n) is 3.69. The van der Waals surface area contributed by atoms with Crippen molar-refractivity contribution in [3.05, 3.63) is 35.9 Å². The van der Waals surface area contributed by atoms with Gasteiger partial charge in [0.2, 0.25) is 5.91 Å². The fourth-order valence-corrected chi connectivity index (χ4v) is 2.38. The van der Waals surface area contributed by atoms with Gasteiger partial charge >= 0.3 is 5.97 Å². The van der Waals surface area contributed by atoms with E-state index < -0.39 is 12.0 Å². The number of carbonyl (C=O) groups excluding carboxylic acids is 1. The highest BCUT2D eigenvalue weighted by Gasteiger charge is 2.26. The number of rotatable bonds is 7. The average molecular weight is 291 g/mol. The first-order valence-electron chi connectivity index (χ1n) is 7.40. The van der Waals surface area contributed by atoms with Crippen LogP contribution in [0.5, 0.6) is 0 Å². The summed E-state index contributed by atoms with van der Waals surface area (Å²) >= 11 is 0. The van der Waals surface area contributed by atoms with Crippen molar-refractivity contribution in [3.63, 3.8) is 0 Å². The molecule has 1 unspecified atom stereocenters. The van der Waals surface area contributed by atoms with E-state index in [4.69, 9.17) is 5.11 Å². The van der Waals surface area contributed by atoms with E-state index >= 15 is 0 Å². The van der Waals surface area contributed by atoms with Crippen LogP contribution in [0.25, 0.3) is 0 Å². The molecule has 0 radical (unpaired) electrons. The van der Waals surface area contributed by atoms with Gasteiger partial charge in [-0.05, 0) is 23.3 Å².